The Balaban J connectivity index is 2.05. The van der Waals surface area contributed by atoms with Crippen LogP contribution in [0.3, 0.4) is 0 Å². The molecule has 5 nitrogen and oxygen atoms in total. The maximum absolute atomic E-state index is 12.2. The number of halogens is 1. The predicted molar refractivity (Wildman–Crippen MR) is 89.7 cm³/mol. The summed E-state index contributed by atoms with van der Waals surface area (Å²) in [4.78, 5) is 30.4. The third kappa shape index (κ3) is 4.35. The Morgan fingerprint density at radius 2 is 2.09 bits per heavy atom. The molecule has 0 saturated heterocycles. The van der Waals surface area contributed by atoms with Crippen LogP contribution >= 0.6 is 23.4 Å². The summed E-state index contributed by atoms with van der Waals surface area (Å²) in [6.45, 7) is 5.38. The normalized spacial score (nSPS) is 12.0. The summed E-state index contributed by atoms with van der Waals surface area (Å²) >= 11 is 7.23. The first-order chi connectivity index (χ1) is 10.3. The fraction of sp³-hybridized carbons (Fsp3) is 0.267. The van der Waals surface area contributed by atoms with E-state index in [1.807, 2.05) is 13.0 Å². The minimum atomic E-state index is -0.412. The molecule has 1 aromatic heterocycles. The Morgan fingerprint density at radius 1 is 1.36 bits per heavy atom. The molecule has 116 valence electrons. The summed E-state index contributed by atoms with van der Waals surface area (Å²) in [5, 5.41) is 3.41. The third-order valence-corrected chi connectivity index (χ3v) is 4.34. The van der Waals surface area contributed by atoms with Crippen molar-refractivity contribution < 1.29 is 4.79 Å². The number of hydrogen-bond donors (Lipinski definition) is 2. The third-order valence-electron chi connectivity index (χ3n) is 2.95. The molecule has 2 N–H and O–H groups in total. The molecule has 1 heterocycles. The van der Waals surface area contributed by atoms with Crippen LogP contribution in [0.1, 0.15) is 18.2 Å². The molecule has 0 aliphatic carbocycles. The van der Waals surface area contributed by atoms with Crippen LogP contribution in [-0.2, 0) is 4.79 Å². The summed E-state index contributed by atoms with van der Waals surface area (Å²) in [6, 6.07) is 6.75. The van der Waals surface area contributed by atoms with Gasteiger partial charge in [-0.1, -0.05) is 29.4 Å². The number of nitrogens with zero attached hydrogens (tertiary/aromatic N) is 1. The molecule has 0 saturated carbocycles. The van der Waals surface area contributed by atoms with Gasteiger partial charge in [0.2, 0.25) is 5.91 Å². The zero-order valence-electron chi connectivity index (χ0n) is 12.4. The standard InChI is InChI=1S/C15H16ClN3O2S/c1-8-4-5-11(7-12(8)16)18-14(21)10(3)22-15-17-9(2)6-13(20)19-15/h4-7,10H,1-3H3,(H,18,21)(H,17,19,20)/t10-/m1/s1. The number of rotatable bonds is 4. The maximum atomic E-state index is 12.2. The number of aromatic amines is 1. The van der Waals surface area contributed by atoms with E-state index in [4.69, 9.17) is 11.6 Å². The minimum absolute atomic E-state index is 0.186. The minimum Gasteiger partial charge on any atom is -0.325 e. The van der Waals surface area contributed by atoms with E-state index in [2.05, 4.69) is 15.3 Å². The molecular formula is C15H16ClN3O2S. The van der Waals surface area contributed by atoms with E-state index in [1.165, 1.54) is 17.8 Å². The Bertz CT molecular complexity index is 761. The Kier molecular flexibility index (Phi) is 5.26. The number of aryl methyl sites for hydroxylation is 2. The van der Waals surface area contributed by atoms with Crippen LogP contribution in [0.25, 0.3) is 0 Å². The number of thioether (sulfide) groups is 1. The highest BCUT2D eigenvalue weighted by atomic mass is 35.5. The molecule has 0 aliphatic heterocycles. The van der Waals surface area contributed by atoms with Crippen molar-refractivity contribution in [3.8, 4) is 0 Å². The number of anilines is 1. The summed E-state index contributed by atoms with van der Waals surface area (Å²) < 4.78 is 0. The first kappa shape index (κ1) is 16.6. The van der Waals surface area contributed by atoms with Crippen molar-refractivity contribution >= 4 is 35.0 Å². The average molecular weight is 338 g/mol. The molecular weight excluding hydrogens is 322 g/mol. The molecule has 0 fully saturated rings. The van der Waals surface area contributed by atoms with E-state index in [1.54, 1.807) is 26.0 Å². The largest absolute Gasteiger partial charge is 0.325 e. The highest BCUT2D eigenvalue weighted by molar-refractivity contribution is 8.00. The van der Waals surface area contributed by atoms with Gasteiger partial charge in [0.1, 0.15) is 0 Å². The summed E-state index contributed by atoms with van der Waals surface area (Å²) in [5.41, 5.74) is 1.97. The number of hydrogen-bond acceptors (Lipinski definition) is 4. The van der Waals surface area contributed by atoms with Crippen molar-refractivity contribution in [1.29, 1.82) is 0 Å². The van der Waals surface area contributed by atoms with E-state index in [0.717, 1.165) is 5.56 Å². The van der Waals surface area contributed by atoms with E-state index in [0.29, 0.717) is 21.6 Å². The SMILES string of the molecule is Cc1cc(=O)[nH]c(S[C@H](C)C(=O)Nc2ccc(C)c(Cl)c2)n1. The molecule has 1 atom stereocenters. The van der Waals surface area contributed by atoms with Crippen molar-refractivity contribution in [3.63, 3.8) is 0 Å². The second-order valence-electron chi connectivity index (χ2n) is 4.91. The van der Waals surface area contributed by atoms with Gasteiger partial charge >= 0.3 is 0 Å². The van der Waals surface area contributed by atoms with Gasteiger partial charge in [0.25, 0.3) is 5.56 Å². The first-order valence-corrected chi connectivity index (χ1v) is 7.92. The zero-order chi connectivity index (χ0) is 16.3. The number of carbonyl (C=O) groups is 1. The Labute approximate surface area is 137 Å². The first-order valence-electron chi connectivity index (χ1n) is 6.67. The molecule has 1 aromatic carbocycles. The van der Waals surface area contributed by atoms with Gasteiger partial charge in [0, 0.05) is 22.5 Å². The van der Waals surface area contributed by atoms with E-state index < -0.39 is 5.25 Å². The number of benzene rings is 1. The molecule has 0 unspecified atom stereocenters. The van der Waals surface area contributed by atoms with Gasteiger partial charge < -0.3 is 10.3 Å². The molecule has 0 spiro atoms. The number of amides is 1. The highest BCUT2D eigenvalue weighted by Gasteiger charge is 2.16. The molecule has 0 radical (unpaired) electrons. The summed E-state index contributed by atoms with van der Waals surface area (Å²) in [7, 11) is 0. The molecule has 0 bridgehead atoms. The van der Waals surface area contributed by atoms with E-state index in [-0.39, 0.29) is 11.5 Å². The van der Waals surface area contributed by atoms with E-state index in [9.17, 15) is 9.59 Å². The number of aromatic nitrogens is 2. The smallest absolute Gasteiger partial charge is 0.251 e. The fourth-order valence-electron chi connectivity index (χ4n) is 1.74. The van der Waals surface area contributed by atoms with Crippen molar-refractivity contribution in [2.45, 2.75) is 31.2 Å². The number of H-pyrrole nitrogens is 1. The molecule has 0 aliphatic rings. The van der Waals surface area contributed by atoms with Crippen LogP contribution in [0.15, 0.2) is 34.2 Å². The van der Waals surface area contributed by atoms with Crippen LogP contribution in [-0.4, -0.2) is 21.1 Å². The Hall–Kier alpha value is -1.79. The van der Waals surface area contributed by atoms with Crippen LogP contribution in [0.2, 0.25) is 5.02 Å². The second kappa shape index (κ2) is 6.98. The van der Waals surface area contributed by atoms with Crippen LogP contribution < -0.4 is 10.9 Å². The maximum Gasteiger partial charge on any atom is 0.251 e. The predicted octanol–water partition coefficient (Wildman–Crippen LogP) is 3.16. The van der Waals surface area contributed by atoms with Gasteiger partial charge in [-0.15, -0.1) is 0 Å². The van der Waals surface area contributed by atoms with Crippen molar-refractivity contribution in [3.05, 3.63) is 50.9 Å². The fourth-order valence-corrected chi connectivity index (χ4v) is 2.78. The van der Waals surface area contributed by atoms with Crippen LogP contribution in [0, 0.1) is 13.8 Å². The zero-order valence-corrected chi connectivity index (χ0v) is 14.0. The highest BCUT2D eigenvalue weighted by Crippen LogP contribution is 2.23. The molecule has 1 amide bonds. The molecule has 2 rings (SSSR count). The molecule has 22 heavy (non-hydrogen) atoms. The average Bonchev–Trinajstić information content (AvgIpc) is 2.41. The van der Waals surface area contributed by atoms with Crippen LogP contribution in [0.4, 0.5) is 5.69 Å². The lowest BCUT2D eigenvalue weighted by atomic mass is 10.2. The Morgan fingerprint density at radius 3 is 2.73 bits per heavy atom. The van der Waals surface area contributed by atoms with Gasteiger partial charge in [-0.05, 0) is 38.5 Å². The topological polar surface area (TPSA) is 74.8 Å². The molecule has 7 heteroatoms. The summed E-state index contributed by atoms with van der Waals surface area (Å²) in [6.07, 6.45) is 0. The van der Waals surface area contributed by atoms with Gasteiger partial charge in [0.05, 0.1) is 5.25 Å². The van der Waals surface area contributed by atoms with Gasteiger partial charge in [-0.25, -0.2) is 4.98 Å². The van der Waals surface area contributed by atoms with Gasteiger partial charge in [0.15, 0.2) is 5.16 Å². The van der Waals surface area contributed by atoms with E-state index >= 15 is 0 Å². The van der Waals surface area contributed by atoms with Crippen molar-refractivity contribution in [2.75, 3.05) is 5.32 Å². The van der Waals surface area contributed by atoms with Gasteiger partial charge in [-0.3, -0.25) is 9.59 Å². The lowest BCUT2D eigenvalue weighted by Gasteiger charge is -2.12. The number of nitrogens with one attached hydrogen (secondary N) is 2. The van der Waals surface area contributed by atoms with Crippen molar-refractivity contribution in [1.82, 2.24) is 9.97 Å². The number of carbonyl (C=O) groups excluding carboxylic acids is 1. The monoisotopic (exact) mass is 337 g/mol. The van der Waals surface area contributed by atoms with Crippen LogP contribution in [0.5, 0.6) is 0 Å². The lowest BCUT2D eigenvalue weighted by molar-refractivity contribution is -0.115. The summed E-state index contributed by atoms with van der Waals surface area (Å²) in [5.74, 6) is -0.186. The second-order valence-corrected chi connectivity index (χ2v) is 6.64. The lowest BCUT2D eigenvalue weighted by Crippen LogP contribution is -2.23. The van der Waals surface area contributed by atoms with Gasteiger partial charge in [-0.2, -0.15) is 0 Å². The quantitative estimate of drug-likeness (QED) is 0.664. The van der Waals surface area contributed by atoms with Crippen molar-refractivity contribution in [2.24, 2.45) is 0 Å². The molecule has 2 aromatic rings.